The molecule has 2 atom stereocenters. The molecule has 1 aliphatic rings. The molecule has 5 nitrogen and oxygen atoms in total. The van der Waals surface area contributed by atoms with Gasteiger partial charge in [0.25, 0.3) is 0 Å². The molecule has 23 heavy (non-hydrogen) atoms. The molecule has 0 aliphatic carbocycles. The van der Waals surface area contributed by atoms with E-state index in [1.165, 1.54) is 0 Å². The van der Waals surface area contributed by atoms with Crippen LogP contribution in [-0.2, 0) is 25.6 Å². The highest BCUT2D eigenvalue weighted by molar-refractivity contribution is 6.30. The molecule has 0 aromatic heterocycles. The first-order valence-corrected chi connectivity index (χ1v) is 8.28. The van der Waals surface area contributed by atoms with Crippen LogP contribution in [0.1, 0.15) is 32.3 Å². The van der Waals surface area contributed by atoms with Crippen molar-refractivity contribution in [2.24, 2.45) is 0 Å². The van der Waals surface area contributed by atoms with Crippen molar-refractivity contribution < 1.29 is 19.1 Å². The van der Waals surface area contributed by atoms with Gasteiger partial charge in [-0.05, 0) is 44.4 Å². The zero-order valence-electron chi connectivity index (χ0n) is 13.5. The van der Waals surface area contributed by atoms with Gasteiger partial charge in [0.05, 0.1) is 13.2 Å². The second-order valence-corrected chi connectivity index (χ2v) is 5.85. The molecule has 126 valence electrons. The van der Waals surface area contributed by atoms with Crippen LogP contribution in [0.15, 0.2) is 24.3 Å². The fraction of sp³-hybridized carbons (Fsp3) is 0.529. The summed E-state index contributed by atoms with van der Waals surface area (Å²) in [4.78, 5) is 26.3. The molecule has 1 heterocycles. The van der Waals surface area contributed by atoms with Crippen molar-refractivity contribution in [2.75, 3.05) is 13.2 Å². The first kappa shape index (κ1) is 17.8. The normalized spacial score (nSPS) is 21.2. The summed E-state index contributed by atoms with van der Waals surface area (Å²) in [5.74, 6) is -0.568. The average Bonchev–Trinajstić information content (AvgIpc) is 2.94. The number of carbonyl (C=O) groups is 2. The number of carbonyl (C=O) groups excluding carboxylic acids is 2. The van der Waals surface area contributed by atoms with Gasteiger partial charge in [0.2, 0.25) is 0 Å². The number of esters is 2. The molecule has 0 unspecified atom stereocenters. The van der Waals surface area contributed by atoms with Crippen LogP contribution in [0.3, 0.4) is 0 Å². The van der Waals surface area contributed by atoms with Gasteiger partial charge in [0.15, 0.2) is 0 Å². The molecular weight excluding hydrogens is 318 g/mol. The topological polar surface area (TPSA) is 55.8 Å². The Kier molecular flexibility index (Phi) is 6.42. The van der Waals surface area contributed by atoms with E-state index in [0.717, 1.165) is 5.56 Å². The van der Waals surface area contributed by atoms with E-state index in [9.17, 15) is 9.59 Å². The van der Waals surface area contributed by atoms with E-state index in [4.69, 9.17) is 21.1 Å². The van der Waals surface area contributed by atoms with Crippen LogP contribution >= 0.6 is 11.6 Å². The second-order valence-electron chi connectivity index (χ2n) is 5.41. The molecule has 1 aliphatic heterocycles. The molecule has 0 amide bonds. The summed E-state index contributed by atoms with van der Waals surface area (Å²) in [6, 6.07) is 6.55. The zero-order chi connectivity index (χ0) is 16.8. The van der Waals surface area contributed by atoms with Crippen molar-refractivity contribution >= 4 is 23.5 Å². The minimum Gasteiger partial charge on any atom is -0.465 e. The lowest BCUT2D eigenvalue weighted by atomic mass is 10.2. The number of nitrogens with zero attached hydrogens (tertiary/aromatic N) is 1. The zero-order valence-corrected chi connectivity index (χ0v) is 14.2. The smallest absolute Gasteiger partial charge is 0.323 e. The van der Waals surface area contributed by atoms with Gasteiger partial charge in [0.1, 0.15) is 12.1 Å². The third-order valence-electron chi connectivity index (χ3n) is 3.91. The summed E-state index contributed by atoms with van der Waals surface area (Å²) >= 11 is 5.91. The number of likely N-dealkylation sites (tertiary alicyclic amines) is 1. The van der Waals surface area contributed by atoms with E-state index in [0.29, 0.717) is 37.6 Å². The summed E-state index contributed by atoms with van der Waals surface area (Å²) in [5, 5.41) is 0.652. The molecule has 0 bridgehead atoms. The minimum atomic E-state index is -0.417. The Morgan fingerprint density at radius 3 is 1.96 bits per heavy atom. The van der Waals surface area contributed by atoms with Gasteiger partial charge in [-0.2, -0.15) is 0 Å². The quantitative estimate of drug-likeness (QED) is 0.746. The van der Waals surface area contributed by atoms with Crippen molar-refractivity contribution in [2.45, 2.75) is 45.3 Å². The fourth-order valence-corrected chi connectivity index (χ4v) is 2.99. The van der Waals surface area contributed by atoms with E-state index in [1.807, 2.05) is 17.0 Å². The van der Waals surface area contributed by atoms with Crippen LogP contribution in [-0.4, -0.2) is 42.1 Å². The Morgan fingerprint density at radius 1 is 1.04 bits per heavy atom. The van der Waals surface area contributed by atoms with Gasteiger partial charge in [-0.3, -0.25) is 14.5 Å². The van der Waals surface area contributed by atoms with E-state index in [-0.39, 0.29) is 11.9 Å². The second kappa shape index (κ2) is 8.31. The van der Waals surface area contributed by atoms with Crippen molar-refractivity contribution in [3.8, 4) is 0 Å². The van der Waals surface area contributed by atoms with Crippen LogP contribution in [0, 0.1) is 0 Å². The van der Waals surface area contributed by atoms with Crippen LogP contribution in [0.2, 0.25) is 5.02 Å². The molecular formula is C17H22ClNO4. The molecule has 0 radical (unpaired) electrons. The number of rotatable bonds is 6. The molecule has 1 saturated heterocycles. The minimum absolute atomic E-state index is 0.284. The summed E-state index contributed by atoms with van der Waals surface area (Å²) in [6.07, 6.45) is 1.19. The lowest BCUT2D eigenvalue weighted by Gasteiger charge is -2.27. The van der Waals surface area contributed by atoms with E-state index >= 15 is 0 Å². The first-order valence-electron chi connectivity index (χ1n) is 7.90. The van der Waals surface area contributed by atoms with Crippen LogP contribution in [0.25, 0.3) is 0 Å². The Bertz CT molecular complexity index is 520. The van der Waals surface area contributed by atoms with E-state index in [1.54, 1.807) is 26.0 Å². The molecule has 6 heteroatoms. The lowest BCUT2D eigenvalue weighted by molar-refractivity contribution is -0.153. The summed E-state index contributed by atoms with van der Waals surface area (Å²) in [5.41, 5.74) is 0.986. The monoisotopic (exact) mass is 339 g/mol. The van der Waals surface area contributed by atoms with Gasteiger partial charge in [-0.15, -0.1) is 0 Å². The molecule has 2 rings (SSSR count). The summed E-state index contributed by atoms with van der Waals surface area (Å²) in [7, 11) is 0. The molecule has 1 aromatic rings. The number of benzene rings is 1. The summed E-state index contributed by atoms with van der Waals surface area (Å²) < 4.78 is 10.3. The van der Waals surface area contributed by atoms with Crippen LogP contribution in [0.5, 0.6) is 0 Å². The predicted octanol–water partition coefficient (Wildman–Crippen LogP) is 2.80. The van der Waals surface area contributed by atoms with Crippen LogP contribution in [0.4, 0.5) is 0 Å². The molecule has 0 saturated carbocycles. The van der Waals surface area contributed by atoms with Crippen molar-refractivity contribution in [1.29, 1.82) is 0 Å². The molecule has 1 fully saturated rings. The Labute approximate surface area is 141 Å². The highest BCUT2D eigenvalue weighted by Gasteiger charge is 2.42. The average molecular weight is 340 g/mol. The Balaban J connectivity index is 2.18. The maximum absolute atomic E-state index is 12.2. The van der Waals surface area contributed by atoms with Gasteiger partial charge < -0.3 is 9.47 Å². The summed E-state index contributed by atoms with van der Waals surface area (Å²) in [6.45, 7) is 4.69. The highest BCUT2D eigenvalue weighted by Crippen LogP contribution is 2.28. The third kappa shape index (κ3) is 4.45. The maximum atomic E-state index is 12.2. The maximum Gasteiger partial charge on any atom is 0.323 e. The van der Waals surface area contributed by atoms with Gasteiger partial charge in [0, 0.05) is 11.6 Å². The Morgan fingerprint density at radius 2 is 1.52 bits per heavy atom. The number of hydrogen-bond donors (Lipinski definition) is 0. The molecule has 0 N–H and O–H groups in total. The SMILES string of the molecule is CCOC(=O)[C@H]1CC[C@H](C(=O)OCC)N1Cc1ccc(Cl)cc1. The Hall–Kier alpha value is -1.59. The van der Waals surface area contributed by atoms with Crippen molar-refractivity contribution in [3.05, 3.63) is 34.9 Å². The standard InChI is InChI=1S/C17H22ClNO4/c1-3-22-16(20)14-9-10-15(17(21)23-4-2)19(14)11-12-5-7-13(18)8-6-12/h5-8,14-15H,3-4,9-11H2,1-2H3/t14-,15-/m1/s1. The van der Waals surface area contributed by atoms with Crippen molar-refractivity contribution in [3.63, 3.8) is 0 Å². The largest absolute Gasteiger partial charge is 0.465 e. The number of hydrogen-bond acceptors (Lipinski definition) is 5. The first-order chi connectivity index (χ1) is 11.1. The van der Waals surface area contributed by atoms with Gasteiger partial charge in [-0.25, -0.2) is 0 Å². The van der Waals surface area contributed by atoms with Crippen molar-refractivity contribution in [1.82, 2.24) is 4.90 Å². The molecule has 1 aromatic carbocycles. The molecule has 0 spiro atoms. The highest BCUT2D eigenvalue weighted by atomic mass is 35.5. The lowest BCUT2D eigenvalue weighted by Crippen LogP contribution is -2.44. The van der Waals surface area contributed by atoms with Gasteiger partial charge in [-0.1, -0.05) is 23.7 Å². The van der Waals surface area contributed by atoms with E-state index in [2.05, 4.69) is 0 Å². The fourth-order valence-electron chi connectivity index (χ4n) is 2.87. The van der Waals surface area contributed by atoms with E-state index < -0.39 is 12.1 Å². The van der Waals surface area contributed by atoms with Crippen LogP contribution < -0.4 is 0 Å². The van der Waals surface area contributed by atoms with Gasteiger partial charge >= 0.3 is 11.9 Å². The number of ether oxygens (including phenoxy) is 2. The predicted molar refractivity (Wildman–Crippen MR) is 87.1 cm³/mol. The third-order valence-corrected chi connectivity index (χ3v) is 4.16. The number of halogens is 1.